The zero-order valence-corrected chi connectivity index (χ0v) is 14.0. The van der Waals surface area contributed by atoms with Crippen molar-refractivity contribution in [3.63, 3.8) is 0 Å². The predicted octanol–water partition coefficient (Wildman–Crippen LogP) is 3.35. The second-order valence-corrected chi connectivity index (χ2v) is 5.12. The molecular weight excluding hydrogens is 294 g/mol. The number of alkyl carbamates (subject to hydrolysis) is 1. The molecule has 0 atom stereocenters. The molecular formula is C15H30ClNO4. The summed E-state index contributed by atoms with van der Waals surface area (Å²) < 4.78 is 15.7. The number of nitrogens with one attached hydrogen (secondary N) is 1. The van der Waals surface area contributed by atoms with Gasteiger partial charge in [0.2, 0.25) is 0 Å². The van der Waals surface area contributed by atoms with Crippen LogP contribution in [0.15, 0.2) is 0 Å². The SMILES string of the molecule is CCCCOC(=O)NCCOCCOCCCCCCCl. The number of amides is 1. The number of carbonyl (C=O) groups excluding carboxylic acids is 1. The smallest absolute Gasteiger partial charge is 0.407 e. The van der Waals surface area contributed by atoms with E-state index in [1.54, 1.807) is 0 Å². The largest absolute Gasteiger partial charge is 0.450 e. The number of unbranched alkanes of at least 4 members (excludes halogenated alkanes) is 4. The summed E-state index contributed by atoms with van der Waals surface area (Å²) in [5.41, 5.74) is 0. The van der Waals surface area contributed by atoms with Gasteiger partial charge >= 0.3 is 6.09 Å². The molecule has 0 aliphatic heterocycles. The van der Waals surface area contributed by atoms with E-state index in [4.69, 9.17) is 25.8 Å². The van der Waals surface area contributed by atoms with Crippen LogP contribution in [0.1, 0.15) is 45.4 Å². The van der Waals surface area contributed by atoms with Gasteiger partial charge < -0.3 is 19.5 Å². The first-order valence-electron chi connectivity index (χ1n) is 7.93. The highest BCUT2D eigenvalue weighted by Gasteiger charge is 1.99. The molecule has 0 rings (SSSR count). The highest BCUT2D eigenvalue weighted by molar-refractivity contribution is 6.17. The van der Waals surface area contributed by atoms with Crippen LogP contribution < -0.4 is 5.32 Å². The van der Waals surface area contributed by atoms with Crippen molar-refractivity contribution in [2.45, 2.75) is 45.4 Å². The molecule has 0 bridgehead atoms. The van der Waals surface area contributed by atoms with Gasteiger partial charge in [0.1, 0.15) is 0 Å². The van der Waals surface area contributed by atoms with Crippen molar-refractivity contribution in [2.24, 2.45) is 0 Å². The van der Waals surface area contributed by atoms with Crippen molar-refractivity contribution < 1.29 is 19.0 Å². The van der Waals surface area contributed by atoms with Gasteiger partial charge in [-0.15, -0.1) is 11.6 Å². The van der Waals surface area contributed by atoms with Crippen molar-refractivity contribution >= 4 is 17.7 Å². The molecule has 0 aliphatic carbocycles. The fraction of sp³-hybridized carbons (Fsp3) is 0.933. The second kappa shape index (κ2) is 17.5. The minimum atomic E-state index is -0.375. The highest BCUT2D eigenvalue weighted by atomic mass is 35.5. The van der Waals surface area contributed by atoms with E-state index in [2.05, 4.69) is 12.2 Å². The average Bonchev–Trinajstić information content (AvgIpc) is 2.48. The van der Waals surface area contributed by atoms with Crippen molar-refractivity contribution in [2.75, 3.05) is 45.5 Å². The summed E-state index contributed by atoms with van der Waals surface area (Å²) in [6, 6.07) is 0. The summed E-state index contributed by atoms with van der Waals surface area (Å²) in [4.78, 5) is 11.2. The molecule has 0 fully saturated rings. The monoisotopic (exact) mass is 323 g/mol. The van der Waals surface area contributed by atoms with Gasteiger partial charge in [0.25, 0.3) is 0 Å². The molecule has 0 unspecified atom stereocenters. The molecule has 21 heavy (non-hydrogen) atoms. The topological polar surface area (TPSA) is 56.8 Å². The van der Waals surface area contributed by atoms with Crippen LogP contribution in [0.25, 0.3) is 0 Å². The summed E-state index contributed by atoms with van der Waals surface area (Å²) in [6.07, 6.45) is 6.03. The van der Waals surface area contributed by atoms with Gasteiger partial charge in [-0.1, -0.05) is 26.2 Å². The van der Waals surface area contributed by atoms with Gasteiger partial charge in [0.15, 0.2) is 0 Å². The first-order chi connectivity index (χ1) is 10.3. The van der Waals surface area contributed by atoms with Crippen LogP contribution in [0.4, 0.5) is 4.79 Å². The van der Waals surface area contributed by atoms with E-state index >= 15 is 0 Å². The standard InChI is InChI=1S/C15H30ClNO4/c1-2-3-11-21-15(18)17-9-12-20-14-13-19-10-7-5-4-6-8-16/h2-14H2,1H3,(H,17,18). The second-order valence-electron chi connectivity index (χ2n) is 4.74. The van der Waals surface area contributed by atoms with Crippen LogP contribution in [0.2, 0.25) is 0 Å². The zero-order chi connectivity index (χ0) is 15.6. The summed E-state index contributed by atoms with van der Waals surface area (Å²) in [6.45, 7) is 5.38. The van der Waals surface area contributed by atoms with Crippen molar-refractivity contribution in [1.82, 2.24) is 5.32 Å². The third-order valence-electron chi connectivity index (χ3n) is 2.79. The minimum absolute atomic E-state index is 0.375. The lowest BCUT2D eigenvalue weighted by molar-refractivity contribution is 0.0468. The van der Waals surface area contributed by atoms with E-state index < -0.39 is 0 Å². The summed E-state index contributed by atoms with van der Waals surface area (Å²) in [5.74, 6) is 0.745. The molecule has 0 saturated carbocycles. The summed E-state index contributed by atoms with van der Waals surface area (Å²) >= 11 is 5.59. The van der Waals surface area contributed by atoms with Gasteiger partial charge in [0.05, 0.1) is 26.4 Å². The Balaban J connectivity index is 3.06. The maximum atomic E-state index is 11.2. The van der Waals surface area contributed by atoms with Crippen LogP contribution in [0.3, 0.4) is 0 Å². The molecule has 1 N–H and O–H groups in total. The molecule has 0 aliphatic rings. The Labute approximate surface area is 133 Å². The Hall–Kier alpha value is -0.520. The fourth-order valence-corrected chi connectivity index (χ4v) is 1.75. The average molecular weight is 324 g/mol. The lowest BCUT2D eigenvalue weighted by atomic mass is 10.2. The molecule has 6 heteroatoms. The Morgan fingerprint density at radius 3 is 2.33 bits per heavy atom. The summed E-state index contributed by atoms with van der Waals surface area (Å²) in [5, 5.41) is 2.63. The zero-order valence-electron chi connectivity index (χ0n) is 13.2. The first-order valence-corrected chi connectivity index (χ1v) is 8.46. The predicted molar refractivity (Wildman–Crippen MR) is 85.1 cm³/mol. The molecule has 0 saturated heterocycles. The maximum absolute atomic E-state index is 11.2. The van der Waals surface area contributed by atoms with Crippen molar-refractivity contribution in [3.05, 3.63) is 0 Å². The molecule has 0 spiro atoms. The number of hydrogen-bond donors (Lipinski definition) is 1. The van der Waals surface area contributed by atoms with E-state index in [-0.39, 0.29) is 6.09 Å². The summed E-state index contributed by atoms with van der Waals surface area (Å²) in [7, 11) is 0. The first kappa shape index (κ1) is 20.5. The van der Waals surface area contributed by atoms with Crippen LogP contribution in [-0.2, 0) is 14.2 Å². The van der Waals surface area contributed by atoms with E-state index in [9.17, 15) is 4.79 Å². The molecule has 0 aromatic rings. The number of halogens is 1. The van der Waals surface area contributed by atoms with Gasteiger partial charge in [0, 0.05) is 19.0 Å². The molecule has 5 nitrogen and oxygen atoms in total. The molecule has 1 amide bonds. The third kappa shape index (κ3) is 17.4. The number of alkyl halides is 1. The van der Waals surface area contributed by atoms with Crippen LogP contribution in [-0.4, -0.2) is 51.6 Å². The Kier molecular flexibility index (Phi) is 17.1. The van der Waals surface area contributed by atoms with E-state index in [0.29, 0.717) is 33.0 Å². The molecule has 0 aromatic heterocycles. The lowest BCUT2D eigenvalue weighted by Gasteiger charge is -2.08. The van der Waals surface area contributed by atoms with E-state index in [0.717, 1.165) is 44.6 Å². The Morgan fingerprint density at radius 2 is 1.62 bits per heavy atom. The van der Waals surface area contributed by atoms with Crippen LogP contribution >= 0.6 is 11.6 Å². The number of ether oxygens (including phenoxy) is 3. The molecule has 0 heterocycles. The normalized spacial score (nSPS) is 10.6. The molecule has 0 aromatic carbocycles. The van der Waals surface area contributed by atoms with Gasteiger partial charge in [-0.2, -0.15) is 0 Å². The number of rotatable bonds is 15. The van der Waals surface area contributed by atoms with Crippen molar-refractivity contribution in [3.8, 4) is 0 Å². The Bertz CT molecular complexity index is 230. The maximum Gasteiger partial charge on any atom is 0.407 e. The molecule has 0 radical (unpaired) electrons. The van der Waals surface area contributed by atoms with Crippen molar-refractivity contribution in [1.29, 1.82) is 0 Å². The van der Waals surface area contributed by atoms with Gasteiger partial charge in [-0.25, -0.2) is 4.79 Å². The minimum Gasteiger partial charge on any atom is -0.450 e. The van der Waals surface area contributed by atoms with Gasteiger partial charge in [-0.3, -0.25) is 0 Å². The van der Waals surface area contributed by atoms with Gasteiger partial charge in [-0.05, 0) is 19.3 Å². The molecule has 126 valence electrons. The quantitative estimate of drug-likeness (QED) is 0.371. The van der Waals surface area contributed by atoms with E-state index in [1.165, 1.54) is 6.42 Å². The fourth-order valence-electron chi connectivity index (χ4n) is 1.56. The van der Waals surface area contributed by atoms with Crippen LogP contribution in [0, 0.1) is 0 Å². The van der Waals surface area contributed by atoms with E-state index in [1.807, 2.05) is 0 Å². The highest BCUT2D eigenvalue weighted by Crippen LogP contribution is 2.00. The third-order valence-corrected chi connectivity index (χ3v) is 3.06. The number of hydrogen-bond acceptors (Lipinski definition) is 4. The lowest BCUT2D eigenvalue weighted by Crippen LogP contribution is -2.28. The Morgan fingerprint density at radius 1 is 0.905 bits per heavy atom. The van der Waals surface area contributed by atoms with Crippen LogP contribution in [0.5, 0.6) is 0 Å². The number of carbonyl (C=O) groups is 1.